The third-order valence-electron chi connectivity index (χ3n) is 5.30. The van der Waals surface area contributed by atoms with Crippen LogP contribution in [0.4, 0.5) is 0 Å². The van der Waals surface area contributed by atoms with E-state index in [0.717, 1.165) is 31.2 Å². The molecule has 2 heterocycles. The van der Waals surface area contributed by atoms with Crippen molar-refractivity contribution >= 4 is 17.3 Å². The molecule has 0 saturated heterocycles. The van der Waals surface area contributed by atoms with Gasteiger partial charge in [0.25, 0.3) is 11.8 Å². The molecule has 0 spiro atoms. The molecule has 1 aromatic carbocycles. The summed E-state index contributed by atoms with van der Waals surface area (Å²) in [6, 6.07) is 15.3. The van der Waals surface area contributed by atoms with Gasteiger partial charge in [0.05, 0.1) is 11.6 Å². The number of hydrogen-bond acceptors (Lipinski definition) is 3. The third kappa shape index (κ3) is 3.63. The normalized spacial score (nSPS) is 15.5. The molecule has 1 aliphatic rings. The zero-order chi connectivity index (χ0) is 19.5. The van der Waals surface area contributed by atoms with Crippen LogP contribution in [-0.2, 0) is 0 Å². The van der Waals surface area contributed by atoms with Crippen LogP contribution < -0.4 is 10.6 Å². The second-order valence-corrected chi connectivity index (χ2v) is 7.30. The number of pyridine rings is 1. The van der Waals surface area contributed by atoms with E-state index >= 15 is 0 Å². The molecule has 2 amide bonds. The van der Waals surface area contributed by atoms with Crippen LogP contribution in [0.3, 0.4) is 0 Å². The number of hydrogen-bond donors (Lipinski definition) is 2. The topological polar surface area (TPSA) is 75.5 Å². The second-order valence-electron chi connectivity index (χ2n) is 7.30. The highest BCUT2D eigenvalue weighted by atomic mass is 16.2. The Kier molecular flexibility index (Phi) is 5.10. The van der Waals surface area contributed by atoms with E-state index in [0.29, 0.717) is 5.52 Å². The molecule has 3 aromatic rings. The summed E-state index contributed by atoms with van der Waals surface area (Å²) in [6.45, 7) is 1.93. The van der Waals surface area contributed by atoms with E-state index in [-0.39, 0.29) is 35.4 Å². The molecule has 1 saturated carbocycles. The summed E-state index contributed by atoms with van der Waals surface area (Å²) in [6.07, 6.45) is 6.04. The number of rotatable bonds is 5. The number of imidazole rings is 1. The van der Waals surface area contributed by atoms with Crippen molar-refractivity contribution in [1.82, 2.24) is 20.0 Å². The first-order chi connectivity index (χ1) is 13.6. The van der Waals surface area contributed by atoms with Gasteiger partial charge in [-0.2, -0.15) is 0 Å². The average Bonchev–Trinajstić information content (AvgIpc) is 3.36. The maximum absolute atomic E-state index is 12.9. The predicted molar refractivity (Wildman–Crippen MR) is 107 cm³/mol. The van der Waals surface area contributed by atoms with E-state index in [1.807, 2.05) is 49.4 Å². The van der Waals surface area contributed by atoms with Crippen LogP contribution >= 0.6 is 0 Å². The number of aromatic nitrogens is 2. The molecule has 4 rings (SSSR count). The van der Waals surface area contributed by atoms with Gasteiger partial charge >= 0.3 is 0 Å². The fraction of sp³-hybridized carbons (Fsp3) is 0.318. The van der Waals surface area contributed by atoms with Crippen LogP contribution in [0.25, 0.3) is 5.52 Å². The van der Waals surface area contributed by atoms with Gasteiger partial charge in [0.2, 0.25) is 5.82 Å². The van der Waals surface area contributed by atoms with Gasteiger partial charge in [0, 0.05) is 12.2 Å². The molecule has 6 heteroatoms. The van der Waals surface area contributed by atoms with Crippen molar-refractivity contribution in [1.29, 1.82) is 0 Å². The molecule has 1 fully saturated rings. The van der Waals surface area contributed by atoms with Gasteiger partial charge in [-0.15, -0.1) is 0 Å². The third-order valence-corrected chi connectivity index (χ3v) is 5.30. The van der Waals surface area contributed by atoms with Crippen LogP contribution in [0.1, 0.15) is 65.3 Å². The Morgan fingerprint density at radius 1 is 1.04 bits per heavy atom. The molecule has 1 aliphatic carbocycles. The summed E-state index contributed by atoms with van der Waals surface area (Å²) in [5, 5.41) is 6.04. The Morgan fingerprint density at radius 2 is 1.75 bits per heavy atom. The predicted octanol–water partition coefficient (Wildman–Crippen LogP) is 3.50. The molecule has 0 bridgehead atoms. The minimum atomic E-state index is -0.292. The Balaban J connectivity index is 1.60. The fourth-order valence-corrected chi connectivity index (χ4v) is 3.78. The van der Waals surface area contributed by atoms with Crippen LogP contribution in [-0.4, -0.2) is 27.2 Å². The Labute approximate surface area is 164 Å². The van der Waals surface area contributed by atoms with Crippen molar-refractivity contribution in [2.45, 2.75) is 44.7 Å². The van der Waals surface area contributed by atoms with Crippen LogP contribution in [0.15, 0.2) is 54.7 Å². The number of nitrogens with zero attached hydrogens (tertiary/aromatic N) is 2. The Bertz CT molecular complexity index is 990. The lowest BCUT2D eigenvalue weighted by Gasteiger charge is -2.13. The SMILES string of the molecule is CC(NC(=O)c1nc(C(=O)NC2CCCC2)n2ccccc12)c1ccccc1. The largest absolute Gasteiger partial charge is 0.347 e. The summed E-state index contributed by atoms with van der Waals surface area (Å²) < 4.78 is 1.69. The van der Waals surface area contributed by atoms with Gasteiger partial charge in [-0.25, -0.2) is 4.98 Å². The summed E-state index contributed by atoms with van der Waals surface area (Å²) in [5.41, 5.74) is 1.90. The smallest absolute Gasteiger partial charge is 0.287 e. The zero-order valence-corrected chi connectivity index (χ0v) is 15.9. The van der Waals surface area contributed by atoms with Crippen LogP contribution in [0.5, 0.6) is 0 Å². The molecule has 0 aliphatic heterocycles. The maximum Gasteiger partial charge on any atom is 0.287 e. The Hall–Kier alpha value is -3.15. The molecule has 144 valence electrons. The number of carbonyl (C=O) groups is 2. The van der Waals surface area contributed by atoms with Crippen LogP contribution in [0.2, 0.25) is 0 Å². The second kappa shape index (κ2) is 7.84. The molecule has 1 atom stereocenters. The number of carbonyl (C=O) groups excluding carboxylic acids is 2. The molecule has 28 heavy (non-hydrogen) atoms. The average molecular weight is 376 g/mol. The van der Waals surface area contributed by atoms with Gasteiger partial charge in [-0.1, -0.05) is 49.2 Å². The first kappa shape index (κ1) is 18.2. The van der Waals surface area contributed by atoms with Crippen molar-refractivity contribution in [3.63, 3.8) is 0 Å². The maximum atomic E-state index is 12.9. The van der Waals surface area contributed by atoms with E-state index in [1.54, 1.807) is 16.7 Å². The number of benzene rings is 1. The van der Waals surface area contributed by atoms with Crippen molar-refractivity contribution in [2.24, 2.45) is 0 Å². The van der Waals surface area contributed by atoms with Crippen molar-refractivity contribution in [3.8, 4) is 0 Å². The van der Waals surface area contributed by atoms with E-state index < -0.39 is 0 Å². The molecular formula is C22H24N4O2. The van der Waals surface area contributed by atoms with E-state index in [2.05, 4.69) is 15.6 Å². The quantitative estimate of drug-likeness (QED) is 0.716. The van der Waals surface area contributed by atoms with E-state index in [9.17, 15) is 9.59 Å². The van der Waals surface area contributed by atoms with Gasteiger partial charge < -0.3 is 10.6 Å². The lowest BCUT2D eigenvalue weighted by atomic mass is 10.1. The van der Waals surface area contributed by atoms with Crippen LogP contribution in [0, 0.1) is 0 Å². The minimum Gasteiger partial charge on any atom is -0.347 e. The van der Waals surface area contributed by atoms with Gasteiger partial charge in [-0.3, -0.25) is 14.0 Å². The first-order valence-corrected chi connectivity index (χ1v) is 9.77. The van der Waals surface area contributed by atoms with E-state index in [4.69, 9.17) is 0 Å². The fourth-order valence-electron chi connectivity index (χ4n) is 3.78. The van der Waals surface area contributed by atoms with E-state index in [1.165, 1.54) is 0 Å². The minimum absolute atomic E-state index is 0.162. The highest BCUT2D eigenvalue weighted by Gasteiger charge is 2.25. The van der Waals surface area contributed by atoms with Crippen molar-refractivity contribution < 1.29 is 9.59 Å². The van der Waals surface area contributed by atoms with Crippen molar-refractivity contribution in [3.05, 3.63) is 71.8 Å². The molecule has 6 nitrogen and oxygen atoms in total. The molecule has 2 N–H and O–H groups in total. The standard InChI is InChI=1S/C22H24N4O2/c1-15(16-9-3-2-4-10-16)23-21(27)19-18-13-7-8-14-26(18)20(25-19)22(28)24-17-11-5-6-12-17/h2-4,7-10,13-15,17H,5-6,11-12H2,1H3,(H,23,27)(H,24,28). The highest BCUT2D eigenvalue weighted by molar-refractivity contribution is 6.02. The lowest BCUT2D eigenvalue weighted by molar-refractivity contribution is 0.0926. The van der Waals surface area contributed by atoms with Gasteiger partial charge in [0.15, 0.2) is 5.69 Å². The summed E-state index contributed by atoms with van der Waals surface area (Å²) >= 11 is 0. The molecule has 0 radical (unpaired) electrons. The number of amides is 2. The number of nitrogens with one attached hydrogen (secondary N) is 2. The highest BCUT2D eigenvalue weighted by Crippen LogP contribution is 2.20. The Morgan fingerprint density at radius 3 is 2.50 bits per heavy atom. The number of fused-ring (bicyclic) bond motifs is 1. The monoisotopic (exact) mass is 376 g/mol. The summed E-state index contributed by atoms with van der Waals surface area (Å²) in [4.78, 5) is 30.1. The summed E-state index contributed by atoms with van der Waals surface area (Å²) in [5.74, 6) is -0.275. The molecule has 2 aromatic heterocycles. The first-order valence-electron chi connectivity index (χ1n) is 9.77. The molecular weight excluding hydrogens is 352 g/mol. The van der Waals surface area contributed by atoms with Gasteiger partial charge in [0.1, 0.15) is 0 Å². The molecule has 1 unspecified atom stereocenters. The summed E-state index contributed by atoms with van der Waals surface area (Å²) in [7, 11) is 0. The van der Waals surface area contributed by atoms with Crippen molar-refractivity contribution in [2.75, 3.05) is 0 Å². The van der Waals surface area contributed by atoms with Gasteiger partial charge in [-0.05, 0) is 37.5 Å². The lowest BCUT2D eigenvalue weighted by Crippen LogP contribution is -2.34. The zero-order valence-electron chi connectivity index (χ0n) is 15.9.